The lowest BCUT2D eigenvalue weighted by Gasteiger charge is -2.12. The number of H-pyrrole nitrogens is 1. The number of hydrogen-bond acceptors (Lipinski definition) is 3. The van der Waals surface area contributed by atoms with Gasteiger partial charge in [0.05, 0.1) is 0 Å². The third kappa shape index (κ3) is 1.11. The van der Waals surface area contributed by atoms with E-state index in [1.54, 1.807) is 0 Å². The second kappa shape index (κ2) is 2.93. The van der Waals surface area contributed by atoms with E-state index in [0.717, 1.165) is 30.5 Å². The number of nitrogens with zero attached hydrogens (tertiary/aromatic N) is 2. The number of hydrogen-bond donors (Lipinski definition) is 2. The van der Waals surface area contributed by atoms with Crippen molar-refractivity contribution in [2.75, 3.05) is 6.54 Å². The van der Waals surface area contributed by atoms with Crippen molar-refractivity contribution in [2.45, 2.75) is 13.0 Å². The van der Waals surface area contributed by atoms with E-state index >= 15 is 0 Å². The first-order valence-electron chi connectivity index (χ1n) is 4.58. The number of rotatable bonds is 0. The van der Waals surface area contributed by atoms with Crippen LogP contribution in [-0.4, -0.2) is 21.7 Å². The largest absolute Gasteiger partial charge is 0.341 e. The highest BCUT2D eigenvalue weighted by atomic mass is 35.5. The zero-order valence-electron chi connectivity index (χ0n) is 7.47. The monoisotopic (exact) mass is 208 g/mol. The molecule has 0 saturated carbocycles. The molecule has 0 unspecified atom stereocenters. The fraction of sp³-hybridized carbons (Fsp3) is 0.333. The molecule has 0 amide bonds. The minimum absolute atomic E-state index is 0.449. The summed E-state index contributed by atoms with van der Waals surface area (Å²) in [7, 11) is 0. The molecular weight excluding hydrogens is 200 g/mol. The molecule has 3 rings (SSSR count). The first kappa shape index (κ1) is 8.20. The molecule has 0 saturated heterocycles. The van der Waals surface area contributed by atoms with Crippen molar-refractivity contribution in [1.29, 1.82) is 0 Å². The number of aromatic nitrogens is 3. The van der Waals surface area contributed by atoms with Gasteiger partial charge in [0.15, 0.2) is 10.8 Å². The lowest BCUT2D eigenvalue weighted by molar-refractivity contribution is 0.640. The van der Waals surface area contributed by atoms with Crippen LogP contribution in [0.1, 0.15) is 11.3 Å². The van der Waals surface area contributed by atoms with Gasteiger partial charge in [-0.25, -0.2) is 0 Å². The SMILES string of the molecule is Clc1cc2c3c([nH]c2nn1)CCNC3. The van der Waals surface area contributed by atoms with Gasteiger partial charge in [-0.05, 0) is 11.6 Å². The average molecular weight is 209 g/mol. The Balaban J connectivity index is 2.32. The smallest absolute Gasteiger partial charge is 0.160 e. The highest BCUT2D eigenvalue weighted by Crippen LogP contribution is 2.24. The predicted octanol–water partition coefficient (Wildman–Crippen LogP) is 1.26. The second-order valence-corrected chi connectivity index (χ2v) is 3.83. The summed E-state index contributed by atoms with van der Waals surface area (Å²) in [5.74, 6) is 0. The summed E-state index contributed by atoms with van der Waals surface area (Å²) < 4.78 is 0. The number of fused-ring (bicyclic) bond motifs is 3. The molecule has 2 aromatic rings. The summed E-state index contributed by atoms with van der Waals surface area (Å²) in [6, 6.07) is 1.87. The van der Waals surface area contributed by atoms with Crippen molar-refractivity contribution in [2.24, 2.45) is 0 Å². The zero-order valence-corrected chi connectivity index (χ0v) is 8.23. The van der Waals surface area contributed by atoms with Gasteiger partial charge in [-0.3, -0.25) is 0 Å². The molecule has 2 N–H and O–H groups in total. The van der Waals surface area contributed by atoms with E-state index in [9.17, 15) is 0 Å². The molecular formula is C9H9ClN4. The van der Waals surface area contributed by atoms with E-state index in [1.807, 2.05) is 6.07 Å². The summed E-state index contributed by atoms with van der Waals surface area (Å²) in [6.07, 6.45) is 1.02. The van der Waals surface area contributed by atoms with Crippen molar-refractivity contribution >= 4 is 22.6 Å². The second-order valence-electron chi connectivity index (χ2n) is 3.44. The van der Waals surface area contributed by atoms with Crippen LogP contribution in [0.4, 0.5) is 0 Å². The highest BCUT2D eigenvalue weighted by Gasteiger charge is 2.15. The minimum Gasteiger partial charge on any atom is -0.341 e. The van der Waals surface area contributed by atoms with Gasteiger partial charge in [0.1, 0.15) is 0 Å². The molecule has 0 aliphatic carbocycles. The van der Waals surface area contributed by atoms with E-state index < -0.39 is 0 Å². The maximum absolute atomic E-state index is 5.81. The highest BCUT2D eigenvalue weighted by molar-refractivity contribution is 6.29. The Morgan fingerprint density at radius 1 is 1.36 bits per heavy atom. The van der Waals surface area contributed by atoms with Crippen molar-refractivity contribution in [1.82, 2.24) is 20.5 Å². The molecule has 0 bridgehead atoms. The first-order valence-corrected chi connectivity index (χ1v) is 4.96. The Labute approximate surface area is 85.7 Å². The van der Waals surface area contributed by atoms with Gasteiger partial charge >= 0.3 is 0 Å². The van der Waals surface area contributed by atoms with E-state index in [0.29, 0.717) is 5.15 Å². The lowest BCUT2D eigenvalue weighted by Crippen LogP contribution is -2.22. The Bertz CT molecular complexity index is 491. The normalized spacial score (nSPS) is 15.8. The van der Waals surface area contributed by atoms with Crippen LogP contribution < -0.4 is 5.32 Å². The molecule has 0 aromatic carbocycles. The Hall–Kier alpha value is -1.13. The molecule has 2 aromatic heterocycles. The number of aromatic amines is 1. The Kier molecular flexibility index (Phi) is 1.72. The van der Waals surface area contributed by atoms with E-state index in [4.69, 9.17) is 11.6 Å². The summed E-state index contributed by atoms with van der Waals surface area (Å²) in [4.78, 5) is 3.27. The van der Waals surface area contributed by atoms with Crippen LogP contribution in [0.3, 0.4) is 0 Å². The third-order valence-corrected chi connectivity index (χ3v) is 2.76. The average Bonchev–Trinajstić information content (AvgIpc) is 2.56. The van der Waals surface area contributed by atoms with Crippen LogP contribution in [0.2, 0.25) is 5.15 Å². The maximum atomic E-state index is 5.81. The van der Waals surface area contributed by atoms with E-state index in [2.05, 4.69) is 20.5 Å². The molecule has 0 spiro atoms. The van der Waals surface area contributed by atoms with Gasteiger partial charge in [0.25, 0.3) is 0 Å². The molecule has 3 heterocycles. The third-order valence-electron chi connectivity index (χ3n) is 2.58. The lowest BCUT2D eigenvalue weighted by atomic mass is 10.1. The van der Waals surface area contributed by atoms with E-state index in [1.165, 1.54) is 11.3 Å². The predicted molar refractivity (Wildman–Crippen MR) is 54.3 cm³/mol. The van der Waals surface area contributed by atoms with Crippen LogP contribution in [0.15, 0.2) is 6.07 Å². The van der Waals surface area contributed by atoms with Crippen LogP contribution in [-0.2, 0) is 13.0 Å². The quantitative estimate of drug-likeness (QED) is 0.685. The molecule has 5 heteroatoms. The van der Waals surface area contributed by atoms with Gasteiger partial charge < -0.3 is 10.3 Å². The summed E-state index contributed by atoms with van der Waals surface area (Å²) >= 11 is 5.81. The molecule has 0 radical (unpaired) electrons. The van der Waals surface area contributed by atoms with Crippen molar-refractivity contribution < 1.29 is 0 Å². The molecule has 1 aliphatic rings. The van der Waals surface area contributed by atoms with Gasteiger partial charge in [0.2, 0.25) is 0 Å². The fourth-order valence-corrected chi connectivity index (χ4v) is 2.06. The van der Waals surface area contributed by atoms with Gasteiger partial charge in [0, 0.05) is 30.6 Å². The van der Waals surface area contributed by atoms with Gasteiger partial charge in [-0.15, -0.1) is 10.2 Å². The molecule has 14 heavy (non-hydrogen) atoms. The summed E-state index contributed by atoms with van der Waals surface area (Å²) in [5.41, 5.74) is 3.38. The fourth-order valence-electron chi connectivity index (χ4n) is 1.91. The topological polar surface area (TPSA) is 53.6 Å². The summed E-state index contributed by atoms with van der Waals surface area (Å²) in [5, 5.41) is 12.7. The number of nitrogens with one attached hydrogen (secondary N) is 2. The molecule has 4 nitrogen and oxygen atoms in total. The van der Waals surface area contributed by atoms with E-state index in [-0.39, 0.29) is 0 Å². The van der Waals surface area contributed by atoms with Crippen LogP contribution in [0.25, 0.3) is 11.0 Å². The number of halogens is 1. The summed E-state index contributed by atoms with van der Waals surface area (Å²) in [6.45, 7) is 1.90. The molecule has 1 aliphatic heterocycles. The van der Waals surface area contributed by atoms with Crippen molar-refractivity contribution in [3.05, 3.63) is 22.5 Å². The Morgan fingerprint density at radius 2 is 2.29 bits per heavy atom. The first-order chi connectivity index (χ1) is 6.84. The van der Waals surface area contributed by atoms with Gasteiger partial charge in [-0.2, -0.15) is 0 Å². The molecule has 0 fully saturated rings. The van der Waals surface area contributed by atoms with Crippen LogP contribution in [0.5, 0.6) is 0 Å². The van der Waals surface area contributed by atoms with Crippen molar-refractivity contribution in [3.63, 3.8) is 0 Å². The zero-order chi connectivity index (χ0) is 9.54. The molecule has 0 atom stereocenters. The maximum Gasteiger partial charge on any atom is 0.160 e. The Morgan fingerprint density at radius 3 is 3.21 bits per heavy atom. The van der Waals surface area contributed by atoms with Gasteiger partial charge in [-0.1, -0.05) is 11.6 Å². The van der Waals surface area contributed by atoms with Crippen LogP contribution >= 0.6 is 11.6 Å². The standard InChI is InChI=1S/C9H9ClN4/c10-8-3-5-6-4-11-2-1-7(6)12-9(5)14-13-8/h3,11H,1-2,4H2,(H,12,14). The molecule has 72 valence electrons. The van der Waals surface area contributed by atoms with Crippen LogP contribution in [0, 0.1) is 0 Å². The minimum atomic E-state index is 0.449. The van der Waals surface area contributed by atoms with Crippen molar-refractivity contribution in [3.8, 4) is 0 Å².